The van der Waals surface area contributed by atoms with Gasteiger partial charge in [0.05, 0.1) is 19.1 Å². The Balaban J connectivity index is 2.32. The zero-order chi connectivity index (χ0) is 15.4. The largest absolute Gasteiger partial charge is 0.493 e. The maximum atomic E-state index is 10.9. The molecule has 21 heavy (non-hydrogen) atoms. The Morgan fingerprint density at radius 2 is 1.95 bits per heavy atom. The second-order valence-electron chi connectivity index (χ2n) is 4.19. The minimum Gasteiger partial charge on any atom is -0.493 e. The van der Waals surface area contributed by atoms with Crippen molar-refractivity contribution in [1.29, 1.82) is 0 Å². The number of ether oxygens (including phenoxy) is 2. The summed E-state index contributed by atoms with van der Waals surface area (Å²) in [5, 5.41) is 14.5. The van der Waals surface area contributed by atoms with Gasteiger partial charge in [-0.05, 0) is 30.7 Å². The molecule has 0 N–H and O–H groups in total. The van der Waals surface area contributed by atoms with Gasteiger partial charge in [0.2, 0.25) is 5.76 Å². The van der Waals surface area contributed by atoms with Gasteiger partial charge in [0, 0.05) is 0 Å². The van der Waals surface area contributed by atoms with Crippen LogP contribution in [0.3, 0.4) is 0 Å². The molecule has 0 atom stereocenters. The summed E-state index contributed by atoms with van der Waals surface area (Å²) in [7, 11) is 3.09. The number of hydrogen-bond donors (Lipinski definition) is 0. The fraction of sp³-hybridized carbons (Fsp3) is 0.214. The van der Waals surface area contributed by atoms with Gasteiger partial charge >= 0.3 is 5.69 Å². The summed E-state index contributed by atoms with van der Waals surface area (Å²) < 4.78 is 15.3. The standard InChI is InChI=1S/C14H14N2O5/c1-9-14(16(17)18)12(21-15-9)7-5-10-4-6-11(19-2)13(8-10)20-3/h4-8H,1-3H3/b7-5+. The highest BCUT2D eigenvalue weighted by atomic mass is 16.6. The van der Waals surface area contributed by atoms with Crippen LogP contribution in [-0.4, -0.2) is 24.3 Å². The first-order valence-electron chi connectivity index (χ1n) is 6.07. The van der Waals surface area contributed by atoms with E-state index in [0.29, 0.717) is 11.5 Å². The lowest BCUT2D eigenvalue weighted by atomic mass is 10.1. The molecule has 7 nitrogen and oxygen atoms in total. The van der Waals surface area contributed by atoms with E-state index in [9.17, 15) is 10.1 Å². The van der Waals surface area contributed by atoms with Crippen molar-refractivity contribution in [2.24, 2.45) is 0 Å². The molecule has 7 heteroatoms. The predicted octanol–water partition coefficient (Wildman–Crippen LogP) is 3.08. The average molecular weight is 290 g/mol. The fourth-order valence-electron chi connectivity index (χ4n) is 1.84. The molecule has 0 radical (unpaired) electrons. The molecule has 0 saturated carbocycles. The van der Waals surface area contributed by atoms with Crippen molar-refractivity contribution in [1.82, 2.24) is 5.16 Å². The van der Waals surface area contributed by atoms with Crippen LogP contribution in [0.5, 0.6) is 11.5 Å². The molecule has 0 unspecified atom stereocenters. The Labute approximate surface area is 120 Å². The molecule has 0 saturated heterocycles. The highest BCUT2D eigenvalue weighted by molar-refractivity contribution is 5.72. The van der Waals surface area contributed by atoms with Gasteiger partial charge in [0.1, 0.15) is 0 Å². The van der Waals surface area contributed by atoms with E-state index in [1.165, 1.54) is 20.1 Å². The number of aromatic nitrogens is 1. The molecule has 0 spiro atoms. The summed E-state index contributed by atoms with van der Waals surface area (Å²) in [5.74, 6) is 1.28. The van der Waals surface area contributed by atoms with E-state index in [1.807, 2.05) is 0 Å². The zero-order valence-electron chi connectivity index (χ0n) is 11.8. The Morgan fingerprint density at radius 1 is 1.24 bits per heavy atom. The molecule has 2 aromatic rings. The van der Waals surface area contributed by atoms with Crippen molar-refractivity contribution >= 4 is 17.8 Å². The van der Waals surface area contributed by atoms with Crippen molar-refractivity contribution < 1.29 is 18.9 Å². The van der Waals surface area contributed by atoms with Gasteiger partial charge in [-0.25, -0.2) is 0 Å². The number of hydrogen-bond acceptors (Lipinski definition) is 6. The van der Waals surface area contributed by atoms with Gasteiger partial charge in [0.15, 0.2) is 17.2 Å². The van der Waals surface area contributed by atoms with Gasteiger partial charge in [-0.3, -0.25) is 10.1 Å². The quantitative estimate of drug-likeness (QED) is 0.621. The molecule has 0 aliphatic heterocycles. The van der Waals surface area contributed by atoms with Crippen molar-refractivity contribution in [3.05, 3.63) is 45.3 Å². The van der Waals surface area contributed by atoms with E-state index in [2.05, 4.69) is 5.16 Å². The van der Waals surface area contributed by atoms with E-state index in [4.69, 9.17) is 14.0 Å². The lowest BCUT2D eigenvalue weighted by Gasteiger charge is -2.07. The highest BCUT2D eigenvalue weighted by Gasteiger charge is 2.21. The van der Waals surface area contributed by atoms with E-state index in [0.717, 1.165) is 5.56 Å². The average Bonchev–Trinajstić information content (AvgIpc) is 2.85. The second-order valence-corrected chi connectivity index (χ2v) is 4.19. The van der Waals surface area contributed by atoms with Crippen LogP contribution in [0.4, 0.5) is 5.69 Å². The Bertz CT molecular complexity index is 691. The molecule has 110 valence electrons. The van der Waals surface area contributed by atoms with Crippen molar-refractivity contribution in [2.75, 3.05) is 14.2 Å². The summed E-state index contributed by atoms with van der Waals surface area (Å²) in [6, 6.07) is 5.30. The Hall–Kier alpha value is -2.83. The van der Waals surface area contributed by atoms with Crippen LogP contribution in [0.25, 0.3) is 12.2 Å². The molecule has 0 bridgehead atoms. The van der Waals surface area contributed by atoms with Crippen LogP contribution >= 0.6 is 0 Å². The van der Waals surface area contributed by atoms with Gasteiger partial charge < -0.3 is 14.0 Å². The van der Waals surface area contributed by atoms with Crippen LogP contribution in [0.2, 0.25) is 0 Å². The van der Waals surface area contributed by atoms with Crippen LogP contribution in [0.1, 0.15) is 17.0 Å². The summed E-state index contributed by atoms with van der Waals surface area (Å²) in [6.45, 7) is 1.52. The van der Waals surface area contributed by atoms with E-state index in [1.54, 1.807) is 31.4 Å². The highest BCUT2D eigenvalue weighted by Crippen LogP contribution is 2.29. The Kier molecular flexibility index (Phi) is 4.22. The smallest absolute Gasteiger partial charge is 0.338 e. The molecule has 0 aliphatic rings. The molecule has 0 fully saturated rings. The van der Waals surface area contributed by atoms with Gasteiger partial charge in [-0.1, -0.05) is 17.3 Å². The molecule has 0 aliphatic carbocycles. The van der Waals surface area contributed by atoms with E-state index < -0.39 is 4.92 Å². The summed E-state index contributed by atoms with van der Waals surface area (Å²) in [6.07, 6.45) is 3.17. The summed E-state index contributed by atoms with van der Waals surface area (Å²) in [5.41, 5.74) is 0.898. The first kappa shape index (κ1) is 14.6. The minimum atomic E-state index is -0.514. The predicted molar refractivity (Wildman–Crippen MR) is 76.4 cm³/mol. The molecule has 1 aromatic heterocycles. The van der Waals surface area contributed by atoms with E-state index >= 15 is 0 Å². The maximum Gasteiger partial charge on any atom is 0.338 e. The summed E-state index contributed by atoms with van der Waals surface area (Å²) in [4.78, 5) is 10.4. The third-order valence-corrected chi connectivity index (χ3v) is 2.87. The maximum absolute atomic E-state index is 10.9. The van der Waals surface area contributed by atoms with Gasteiger partial charge in [0.25, 0.3) is 0 Å². The first-order valence-corrected chi connectivity index (χ1v) is 6.07. The number of nitrogens with zero attached hydrogens (tertiary/aromatic N) is 2. The number of aryl methyl sites for hydroxylation is 1. The number of methoxy groups -OCH3 is 2. The number of benzene rings is 1. The lowest BCUT2D eigenvalue weighted by molar-refractivity contribution is -0.386. The van der Waals surface area contributed by atoms with Gasteiger partial charge in [-0.2, -0.15) is 0 Å². The molecule has 1 heterocycles. The summed E-state index contributed by atoms with van der Waals surface area (Å²) >= 11 is 0. The molecular weight excluding hydrogens is 276 g/mol. The third kappa shape index (κ3) is 3.02. The topological polar surface area (TPSA) is 87.6 Å². The van der Waals surface area contributed by atoms with Crippen LogP contribution < -0.4 is 9.47 Å². The number of nitro groups is 1. The van der Waals surface area contributed by atoms with Crippen LogP contribution in [-0.2, 0) is 0 Å². The molecule has 1 aromatic carbocycles. The molecular formula is C14H14N2O5. The van der Waals surface area contributed by atoms with Crippen molar-refractivity contribution in [2.45, 2.75) is 6.92 Å². The lowest BCUT2D eigenvalue weighted by Crippen LogP contribution is -1.91. The van der Waals surface area contributed by atoms with Crippen LogP contribution in [0, 0.1) is 17.0 Å². The fourth-order valence-corrected chi connectivity index (χ4v) is 1.84. The second kappa shape index (κ2) is 6.08. The molecule has 2 rings (SSSR count). The van der Waals surface area contributed by atoms with Gasteiger partial charge in [-0.15, -0.1) is 0 Å². The zero-order valence-corrected chi connectivity index (χ0v) is 11.8. The van der Waals surface area contributed by atoms with Crippen molar-refractivity contribution in [3.63, 3.8) is 0 Å². The molecule has 0 amide bonds. The minimum absolute atomic E-state index is 0.104. The number of rotatable bonds is 5. The first-order chi connectivity index (χ1) is 10.1. The SMILES string of the molecule is COc1ccc(/C=C/c2onc(C)c2[N+](=O)[O-])cc1OC. The monoisotopic (exact) mass is 290 g/mol. The third-order valence-electron chi connectivity index (χ3n) is 2.87. The van der Waals surface area contributed by atoms with E-state index in [-0.39, 0.29) is 17.1 Å². The Morgan fingerprint density at radius 3 is 2.57 bits per heavy atom. The van der Waals surface area contributed by atoms with Crippen LogP contribution in [0.15, 0.2) is 22.7 Å². The van der Waals surface area contributed by atoms with Crippen molar-refractivity contribution in [3.8, 4) is 11.5 Å². The normalized spacial score (nSPS) is 10.8.